The molecular weight excluding hydrogens is 400 g/mol. The number of aromatic nitrogens is 1. The highest BCUT2D eigenvalue weighted by atomic mass is 79.9. The third-order valence-corrected chi connectivity index (χ3v) is 4.54. The number of benzene rings is 1. The number of nitrogens with two attached hydrogens (primary N) is 2. The number of piperazine rings is 1. The van der Waals surface area contributed by atoms with E-state index < -0.39 is 6.04 Å². The smallest absolute Gasteiger partial charge is 0.268 e. The summed E-state index contributed by atoms with van der Waals surface area (Å²) >= 11 is 3.42. The Balaban J connectivity index is 1.70. The van der Waals surface area contributed by atoms with Gasteiger partial charge in [0.25, 0.3) is 5.91 Å². The molecule has 2 amide bonds. The van der Waals surface area contributed by atoms with Crippen LogP contribution in [0.25, 0.3) is 17.0 Å². The van der Waals surface area contributed by atoms with Gasteiger partial charge in [0.05, 0.1) is 0 Å². The molecule has 1 saturated heterocycles. The van der Waals surface area contributed by atoms with Gasteiger partial charge in [-0.3, -0.25) is 14.6 Å². The predicted molar refractivity (Wildman–Crippen MR) is 104 cm³/mol. The number of hydrogen-bond donors (Lipinski definition) is 5. The molecule has 8 nitrogen and oxygen atoms in total. The molecular formula is C17H19BrN6O2. The molecule has 0 spiro atoms. The lowest BCUT2D eigenvalue weighted by atomic mass is 10.1. The molecule has 1 aromatic carbocycles. The largest absolute Gasteiger partial charge is 0.370 e. The van der Waals surface area contributed by atoms with Crippen LogP contribution in [0.1, 0.15) is 18.4 Å². The molecule has 1 fully saturated rings. The number of H-pyrrole nitrogens is 1. The Hall–Kier alpha value is -2.81. The Morgan fingerprint density at radius 2 is 2.12 bits per heavy atom. The number of carbonyl (C=O) groups excluding carboxylic acids is 2. The van der Waals surface area contributed by atoms with E-state index in [0.29, 0.717) is 19.4 Å². The van der Waals surface area contributed by atoms with Crippen molar-refractivity contribution >= 4 is 50.7 Å². The van der Waals surface area contributed by atoms with Crippen molar-refractivity contribution < 1.29 is 9.59 Å². The van der Waals surface area contributed by atoms with Crippen LogP contribution in [0.2, 0.25) is 0 Å². The van der Waals surface area contributed by atoms with Crippen LogP contribution in [0.4, 0.5) is 0 Å². The zero-order valence-corrected chi connectivity index (χ0v) is 15.5. The summed E-state index contributed by atoms with van der Waals surface area (Å²) in [5.74, 6) is -0.552. The van der Waals surface area contributed by atoms with E-state index >= 15 is 0 Å². The second kappa shape index (κ2) is 7.61. The van der Waals surface area contributed by atoms with Gasteiger partial charge in [0.1, 0.15) is 11.7 Å². The Labute approximate surface area is 158 Å². The molecule has 1 atom stereocenters. The normalized spacial score (nSPS) is 18.7. The molecule has 0 aliphatic carbocycles. The summed E-state index contributed by atoms with van der Waals surface area (Å²) < 4.78 is 0.957. The van der Waals surface area contributed by atoms with Gasteiger partial charge < -0.3 is 27.1 Å². The number of nitrogens with zero attached hydrogens (tertiary/aromatic N) is 1. The fourth-order valence-corrected chi connectivity index (χ4v) is 3.14. The average Bonchev–Trinajstić information content (AvgIpc) is 2.97. The summed E-state index contributed by atoms with van der Waals surface area (Å²) in [5.41, 5.74) is 12.5. The third kappa shape index (κ3) is 4.05. The summed E-state index contributed by atoms with van der Waals surface area (Å²) in [4.78, 5) is 31.6. The maximum Gasteiger partial charge on any atom is 0.268 e. The van der Waals surface area contributed by atoms with Crippen molar-refractivity contribution in [3.63, 3.8) is 0 Å². The van der Waals surface area contributed by atoms with E-state index in [-0.39, 0.29) is 23.5 Å². The Bertz CT molecular complexity index is 913. The standard InChI is InChI=1S/C17H19BrN6O2/c18-10-3-4-11-9(8-22-13(11)7-10)6-14-16(26)23-12(15(25)24-14)2-1-5-21-17(19)20/h3-4,6-8,12,22H,1-2,5H2,(H,23,26)(H,24,25)(H4,19,20,21)/b14-6+. The lowest BCUT2D eigenvalue weighted by Gasteiger charge is -2.24. The first-order valence-corrected chi connectivity index (χ1v) is 8.89. The molecule has 7 N–H and O–H groups in total. The van der Waals surface area contributed by atoms with E-state index in [4.69, 9.17) is 11.5 Å². The second-order valence-corrected chi connectivity index (χ2v) is 6.87. The average molecular weight is 419 g/mol. The van der Waals surface area contributed by atoms with Crippen molar-refractivity contribution in [2.24, 2.45) is 16.5 Å². The molecule has 26 heavy (non-hydrogen) atoms. The van der Waals surface area contributed by atoms with Gasteiger partial charge in [-0.15, -0.1) is 0 Å². The van der Waals surface area contributed by atoms with Gasteiger partial charge in [-0.25, -0.2) is 0 Å². The Morgan fingerprint density at radius 1 is 1.31 bits per heavy atom. The highest BCUT2D eigenvalue weighted by Gasteiger charge is 2.29. The molecule has 1 aliphatic heterocycles. The number of aromatic amines is 1. The van der Waals surface area contributed by atoms with E-state index in [1.165, 1.54) is 0 Å². The molecule has 0 radical (unpaired) electrons. The number of carbonyl (C=O) groups is 2. The maximum atomic E-state index is 12.3. The zero-order chi connectivity index (χ0) is 18.7. The molecule has 0 saturated carbocycles. The number of aliphatic imine (C=N–C) groups is 1. The number of hydrogen-bond acceptors (Lipinski definition) is 3. The van der Waals surface area contributed by atoms with Crippen molar-refractivity contribution in [2.45, 2.75) is 18.9 Å². The lowest BCUT2D eigenvalue weighted by molar-refractivity contribution is -0.131. The summed E-state index contributed by atoms with van der Waals surface area (Å²) in [6, 6.07) is 5.22. The van der Waals surface area contributed by atoms with Gasteiger partial charge in [-0.05, 0) is 31.1 Å². The van der Waals surface area contributed by atoms with E-state index in [1.54, 1.807) is 12.3 Å². The molecule has 2 heterocycles. The maximum absolute atomic E-state index is 12.3. The quantitative estimate of drug-likeness (QED) is 0.213. The van der Waals surface area contributed by atoms with Crippen molar-refractivity contribution in [1.29, 1.82) is 0 Å². The number of rotatable bonds is 5. The van der Waals surface area contributed by atoms with Crippen LogP contribution in [-0.2, 0) is 9.59 Å². The number of fused-ring (bicyclic) bond motifs is 1. The first-order valence-electron chi connectivity index (χ1n) is 8.09. The molecule has 136 valence electrons. The van der Waals surface area contributed by atoms with Gasteiger partial charge in [0, 0.05) is 33.7 Å². The molecule has 1 aromatic heterocycles. The monoisotopic (exact) mass is 418 g/mol. The molecule has 1 aliphatic rings. The summed E-state index contributed by atoms with van der Waals surface area (Å²) in [5, 5.41) is 6.37. The lowest BCUT2D eigenvalue weighted by Crippen LogP contribution is -2.54. The van der Waals surface area contributed by atoms with Gasteiger partial charge in [0.15, 0.2) is 5.96 Å². The number of nitrogens with one attached hydrogen (secondary N) is 3. The second-order valence-electron chi connectivity index (χ2n) is 5.96. The van der Waals surface area contributed by atoms with Crippen molar-refractivity contribution in [2.75, 3.05) is 6.54 Å². The minimum absolute atomic E-state index is 0.0121. The van der Waals surface area contributed by atoms with Crippen LogP contribution < -0.4 is 22.1 Å². The van der Waals surface area contributed by atoms with E-state index in [0.717, 1.165) is 20.9 Å². The van der Waals surface area contributed by atoms with Crippen LogP contribution in [0.15, 0.2) is 39.6 Å². The number of amides is 2. The van der Waals surface area contributed by atoms with Gasteiger partial charge >= 0.3 is 0 Å². The van der Waals surface area contributed by atoms with Crippen molar-refractivity contribution in [1.82, 2.24) is 15.6 Å². The summed E-state index contributed by atoms with van der Waals surface area (Å²) in [7, 11) is 0. The highest BCUT2D eigenvalue weighted by molar-refractivity contribution is 9.10. The zero-order valence-electron chi connectivity index (χ0n) is 13.9. The minimum atomic E-state index is -0.590. The highest BCUT2D eigenvalue weighted by Crippen LogP contribution is 2.24. The van der Waals surface area contributed by atoms with Crippen LogP contribution in [0.5, 0.6) is 0 Å². The fourth-order valence-electron chi connectivity index (χ4n) is 2.78. The molecule has 1 unspecified atom stereocenters. The number of halogens is 1. The van der Waals surface area contributed by atoms with Gasteiger partial charge in [-0.2, -0.15) is 0 Å². The molecule has 9 heteroatoms. The fraction of sp³-hybridized carbons (Fsp3) is 0.235. The molecule has 3 rings (SSSR count). The Morgan fingerprint density at radius 3 is 2.88 bits per heavy atom. The molecule has 0 bridgehead atoms. The van der Waals surface area contributed by atoms with E-state index in [2.05, 4.69) is 36.5 Å². The van der Waals surface area contributed by atoms with E-state index in [1.807, 2.05) is 18.2 Å². The predicted octanol–water partition coefficient (Wildman–Crippen LogP) is 0.940. The summed E-state index contributed by atoms with van der Waals surface area (Å²) in [6.07, 6.45) is 4.51. The number of guanidine groups is 1. The first-order chi connectivity index (χ1) is 12.4. The van der Waals surface area contributed by atoms with Crippen molar-refractivity contribution in [3.8, 4) is 0 Å². The Kier molecular flexibility index (Phi) is 5.27. The van der Waals surface area contributed by atoms with Crippen LogP contribution >= 0.6 is 15.9 Å². The third-order valence-electron chi connectivity index (χ3n) is 4.05. The van der Waals surface area contributed by atoms with Gasteiger partial charge in [-0.1, -0.05) is 22.0 Å². The SMILES string of the molecule is NC(N)=NCCCC1NC(=O)/C(=C\c2c[nH]c3cc(Br)ccc23)NC1=O. The van der Waals surface area contributed by atoms with Crippen LogP contribution in [0, 0.1) is 0 Å². The topological polar surface area (TPSA) is 138 Å². The first kappa shape index (κ1) is 18.0. The van der Waals surface area contributed by atoms with Gasteiger partial charge in [0.2, 0.25) is 5.91 Å². The van der Waals surface area contributed by atoms with Crippen molar-refractivity contribution in [3.05, 3.63) is 40.1 Å². The van der Waals surface area contributed by atoms with Crippen LogP contribution in [0.3, 0.4) is 0 Å². The summed E-state index contributed by atoms with van der Waals surface area (Å²) in [6.45, 7) is 0.412. The van der Waals surface area contributed by atoms with E-state index in [9.17, 15) is 9.59 Å². The molecule has 2 aromatic rings. The van der Waals surface area contributed by atoms with Crippen LogP contribution in [-0.4, -0.2) is 35.3 Å². The minimum Gasteiger partial charge on any atom is -0.370 e.